The maximum absolute atomic E-state index is 11.9. The van der Waals surface area contributed by atoms with Crippen molar-refractivity contribution in [2.45, 2.75) is 84.6 Å². The highest BCUT2D eigenvalue weighted by molar-refractivity contribution is 5.80. The second kappa shape index (κ2) is 9.68. The third kappa shape index (κ3) is 5.32. The van der Waals surface area contributed by atoms with Crippen molar-refractivity contribution in [1.82, 2.24) is 9.80 Å². The van der Waals surface area contributed by atoms with E-state index < -0.39 is 0 Å². The second-order valence-corrected chi connectivity index (χ2v) is 9.69. The molecule has 1 saturated carbocycles. The van der Waals surface area contributed by atoms with E-state index in [-0.39, 0.29) is 0 Å². The molecule has 0 unspecified atom stereocenters. The van der Waals surface area contributed by atoms with E-state index in [2.05, 4.69) is 23.6 Å². The van der Waals surface area contributed by atoms with Gasteiger partial charge in [-0.15, -0.1) is 0 Å². The van der Waals surface area contributed by atoms with E-state index in [1.165, 1.54) is 58.2 Å². The molecule has 2 heterocycles. The van der Waals surface area contributed by atoms with Crippen LogP contribution in [0.4, 0.5) is 0 Å². The number of hydrogen-bond donors (Lipinski definition) is 0. The van der Waals surface area contributed by atoms with Crippen LogP contribution >= 0.6 is 0 Å². The van der Waals surface area contributed by atoms with Gasteiger partial charge in [-0.3, -0.25) is 4.79 Å². The van der Waals surface area contributed by atoms with Crippen LogP contribution in [0.15, 0.2) is 0 Å². The Balaban J connectivity index is 1.34. The zero-order valence-corrected chi connectivity index (χ0v) is 17.6. The van der Waals surface area contributed by atoms with Crippen LogP contribution in [0, 0.1) is 23.7 Å². The topological polar surface area (TPSA) is 23.6 Å². The molecule has 3 rings (SSSR count). The summed E-state index contributed by atoms with van der Waals surface area (Å²) < 4.78 is 0. The Hall–Kier alpha value is -0.410. The molecular weight excluding hydrogens is 320 g/mol. The molecule has 0 bridgehead atoms. The molecule has 0 aromatic heterocycles. The molecule has 0 aromatic carbocycles. The van der Waals surface area contributed by atoms with Crippen LogP contribution in [0.3, 0.4) is 0 Å². The minimum absolute atomic E-state index is 0.362. The molecule has 0 spiro atoms. The summed E-state index contributed by atoms with van der Waals surface area (Å²) in [5, 5.41) is 0. The van der Waals surface area contributed by atoms with E-state index in [1.54, 1.807) is 0 Å². The Morgan fingerprint density at radius 1 is 0.885 bits per heavy atom. The van der Waals surface area contributed by atoms with Crippen LogP contribution in [-0.2, 0) is 4.79 Å². The molecule has 3 aliphatic rings. The molecule has 0 aromatic rings. The van der Waals surface area contributed by atoms with Gasteiger partial charge in [0.2, 0.25) is 0 Å². The molecule has 0 radical (unpaired) electrons. The highest BCUT2D eigenvalue weighted by Crippen LogP contribution is 2.33. The number of likely N-dealkylation sites (tertiary alicyclic amines) is 2. The van der Waals surface area contributed by atoms with Crippen LogP contribution in [0.2, 0.25) is 0 Å². The van der Waals surface area contributed by atoms with Gasteiger partial charge in [0, 0.05) is 24.9 Å². The largest absolute Gasteiger partial charge is 0.303 e. The number of carbonyl (C=O) groups excluding carboxylic acids is 1. The molecule has 0 N–H and O–H groups in total. The van der Waals surface area contributed by atoms with Gasteiger partial charge in [0.25, 0.3) is 0 Å². The van der Waals surface area contributed by atoms with Gasteiger partial charge in [0.05, 0.1) is 0 Å². The van der Waals surface area contributed by atoms with Crippen molar-refractivity contribution in [3.8, 4) is 0 Å². The highest BCUT2D eigenvalue weighted by atomic mass is 16.1. The molecule has 0 atom stereocenters. The van der Waals surface area contributed by atoms with Crippen LogP contribution in [-0.4, -0.2) is 54.3 Å². The quantitative estimate of drug-likeness (QED) is 0.690. The fourth-order valence-electron chi connectivity index (χ4n) is 5.74. The Morgan fingerprint density at radius 2 is 1.50 bits per heavy atom. The first-order valence-electron chi connectivity index (χ1n) is 11.6. The average molecular weight is 363 g/mol. The molecule has 3 fully saturated rings. The fourth-order valence-corrected chi connectivity index (χ4v) is 5.74. The average Bonchev–Trinajstić information content (AvgIpc) is 2.68. The molecule has 2 aliphatic heterocycles. The van der Waals surface area contributed by atoms with Crippen LogP contribution in [0.25, 0.3) is 0 Å². The maximum Gasteiger partial charge on any atom is 0.135 e. The van der Waals surface area contributed by atoms with Crippen molar-refractivity contribution in [1.29, 1.82) is 0 Å². The van der Waals surface area contributed by atoms with Crippen LogP contribution in [0.1, 0.15) is 78.6 Å². The van der Waals surface area contributed by atoms with Crippen molar-refractivity contribution in [2.24, 2.45) is 23.7 Å². The van der Waals surface area contributed by atoms with Gasteiger partial charge in [0.1, 0.15) is 5.78 Å². The number of Topliss-reactive ketones (excluding diaryl/α,β-unsaturated/α-hetero) is 1. The molecule has 0 amide bonds. The predicted octanol–water partition coefficient (Wildman–Crippen LogP) is 4.60. The number of carbonyl (C=O) groups is 1. The number of piperidine rings is 2. The van der Waals surface area contributed by atoms with Crippen LogP contribution < -0.4 is 0 Å². The highest BCUT2D eigenvalue weighted by Gasteiger charge is 2.31. The summed E-state index contributed by atoms with van der Waals surface area (Å²) in [6.07, 6.45) is 11.4. The summed E-state index contributed by atoms with van der Waals surface area (Å²) in [7, 11) is 0. The van der Waals surface area contributed by atoms with E-state index in [9.17, 15) is 4.79 Å². The van der Waals surface area contributed by atoms with E-state index >= 15 is 0 Å². The molecule has 1 aliphatic carbocycles. The lowest BCUT2D eigenvalue weighted by atomic mass is 9.81. The van der Waals surface area contributed by atoms with Crippen molar-refractivity contribution in [3.63, 3.8) is 0 Å². The van der Waals surface area contributed by atoms with Crippen molar-refractivity contribution in [3.05, 3.63) is 0 Å². The summed E-state index contributed by atoms with van der Waals surface area (Å²) in [6.45, 7) is 13.1. The molecule has 2 saturated heterocycles. The van der Waals surface area contributed by atoms with E-state index in [0.29, 0.717) is 11.7 Å². The molecular formula is C23H42N2O. The van der Waals surface area contributed by atoms with Crippen molar-refractivity contribution >= 4 is 5.78 Å². The lowest BCUT2D eigenvalue weighted by Crippen LogP contribution is -2.45. The van der Waals surface area contributed by atoms with E-state index in [1.807, 2.05) is 6.92 Å². The first-order chi connectivity index (χ1) is 12.6. The minimum Gasteiger partial charge on any atom is -0.303 e. The number of ketones is 1. The standard InChI is InChI=1S/C23H42N2O/c1-4-23(26)21-9-13-24(14-10-21)17-19-5-7-22(8-6-19)25-15-11-20(12-16-25)18(2)3/h18-22H,4-17H2,1-3H3. The summed E-state index contributed by atoms with van der Waals surface area (Å²) in [6, 6.07) is 0.868. The third-order valence-corrected chi connectivity index (χ3v) is 7.76. The normalized spacial score (nSPS) is 30.8. The van der Waals surface area contributed by atoms with Crippen molar-refractivity contribution < 1.29 is 4.79 Å². The zero-order valence-electron chi connectivity index (χ0n) is 17.6. The van der Waals surface area contributed by atoms with Gasteiger partial charge in [-0.1, -0.05) is 20.8 Å². The summed E-state index contributed by atoms with van der Waals surface area (Å²) in [5.41, 5.74) is 0. The van der Waals surface area contributed by atoms with Gasteiger partial charge in [0.15, 0.2) is 0 Å². The second-order valence-electron chi connectivity index (χ2n) is 9.69. The first-order valence-corrected chi connectivity index (χ1v) is 11.6. The van der Waals surface area contributed by atoms with Gasteiger partial charge in [-0.2, -0.15) is 0 Å². The maximum atomic E-state index is 11.9. The predicted molar refractivity (Wildman–Crippen MR) is 109 cm³/mol. The summed E-state index contributed by atoms with van der Waals surface area (Å²) >= 11 is 0. The monoisotopic (exact) mass is 362 g/mol. The lowest BCUT2D eigenvalue weighted by molar-refractivity contribution is -0.124. The minimum atomic E-state index is 0.362. The number of rotatable bonds is 6. The Kier molecular flexibility index (Phi) is 7.57. The van der Waals surface area contributed by atoms with Crippen molar-refractivity contribution in [2.75, 3.05) is 32.7 Å². The Morgan fingerprint density at radius 3 is 2.04 bits per heavy atom. The first kappa shape index (κ1) is 20.3. The SMILES string of the molecule is CCC(=O)C1CCN(CC2CCC(N3CCC(C(C)C)CC3)CC2)CC1. The van der Waals surface area contributed by atoms with Gasteiger partial charge in [-0.25, -0.2) is 0 Å². The van der Waals surface area contributed by atoms with Gasteiger partial charge >= 0.3 is 0 Å². The Bertz CT molecular complexity index is 425. The fraction of sp³-hybridized carbons (Fsp3) is 0.957. The molecule has 3 heteroatoms. The summed E-state index contributed by atoms with van der Waals surface area (Å²) in [5.74, 6) is 3.58. The van der Waals surface area contributed by atoms with Gasteiger partial charge < -0.3 is 9.80 Å². The Labute approximate surface area is 161 Å². The van der Waals surface area contributed by atoms with E-state index in [0.717, 1.165) is 56.1 Å². The number of hydrogen-bond acceptors (Lipinski definition) is 3. The number of nitrogens with zero attached hydrogens (tertiary/aromatic N) is 2. The molecule has 150 valence electrons. The smallest absolute Gasteiger partial charge is 0.135 e. The third-order valence-electron chi connectivity index (χ3n) is 7.76. The van der Waals surface area contributed by atoms with E-state index in [4.69, 9.17) is 0 Å². The van der Waals surface area contributed by atoms with Crippen LogP contribution in [0.5, 0.6) is 0 Å². The molecule has 3 nitrogen and oxygen atoms in total. The lowest BCUT2D eigenvalue weighted by Gasteiger charge is -2.42. The molecule has 26 heavy (non-hydrogen) atoms. The zero-order chi connectivity index (χ0) is 18.5. The summed E-state index contributed by atoms with van der Waals surface area (Å²) in [4.78, 5) is 17.4. The van der Waals surface area contributed by atoms with Gasteiger partial charge in [-0.05, 0) is 95.3 Å².